The van der Waals surface area contributed by atoms with Crippen LogP contribution >= 0.6 is 23.4 Å². The fraction of sp³-hybridized carbons (Fsp3) is 0.231. The Balaban J connectivity index is 1.96. The monoisotopic (exact) mass is 513 g/mol. The Morgan fingerprint density at radius 1 is 1.03 bits per heavy atom. The van der Waals surface area contributed by atoms with Crippen molar-refractivity contribution in [2.45, 2.75) is 24.3 Å². The second-order valence-corrected chi connectivity index (χ2v) is 9.43. The minimum atomic E-state index is -1.84. The van der Waals surface area contributed by atoms with Crippen LogP contribution in [-0.2, 0) is 20.9 Å². The van der Waals surface area contributed by atoms with Crippen LogP contribution in [0.3, 0.4) is 0 Å². The molecule has 0 aliphatic rings. The number of nitro groups is 1. The predicted molar refractivity (Wildman–Crippen MR) is 134 cm³/mol. The number of rotatable bonds is 10. The molecule has 0 fully saturated rings. The molecule has 0 N–H and O–H groups in total. The molecular weight excluding hydrogens is 490 g/mol. The zero-order chi connectivity index (χ0) is 25.4. The largest absolute Gasteiger partial charge is 0.497 e. The maximum Gasteiger partial charge on any atom is 0.321 e. The molecule has 0 aliphatic heterocycles. The minimum absolute atomic E-state index is 0.0999. The third-order valence-corrected chi connectivity index (χ3v) is 7.00. The summed E-state index contributed by atoms with van der Waals surface area (Å²) in [5, 5.41) is 11.6. The van der Waals surface area contributed by atoms with Crippen LogP contribution in [0.5, 0.6) is 5.75 Å². The predicted octanol–water partition coefficient (Wildman–Crippen LogP) is 5.78. The number of hydrogen-bond donors (Lipinski definition) is 0. The van der Waals surface area contributed by atoms with Crippen LogP contribution in [0.2, 0.25) is 5.02 Å². The molecule has 7 nitrogen and oxygen atoms in total. The molecule has 3 aromatic rings. The topological polar surface area (TPSA) is 95.7 Å². The molecule has 0 aromatic heterocycles. The van der Waals surface area contributed by atoms with Crippen molar-refractivity contribution in [2.75, 3.05) is 13.7 Å². The first kappa shape index (κ1) is 26.2. The smallest absolute Gasteiger partial charge is 0.321 e. The molecule has 0 radical (unpaired) electrons. The average molecular weight is 514 g/mol. The molecule has 0 bridgehead atoms. The van der Waals surface area contributed by atoms with E-state index in [0.29, 0.717) is 26.8 Å². The molecule has 0 heterocycles. The molecule has 0 saturated heterocycles. The third-order valence-electron chi connectivity index (χ3n) is 5.63. The van der Waals surface area contributed by atoms with E-state index < -0.39 is 33.9 Å². The SMILES string of the molecule is COc1ccc(COC(=O)[C@@](C)(C(=O)Sc2ccc(Cl)cc2)[C@@H](C[N+](=O)[O-])c2ccccc2)cc1. The van der Waals surface area contributed by atoms with Gasteiger partial charge in [0.25, 0.3) is 0 Å². The molecule has 35 heavy (non-hydrogen) atoms. The molecule has 9 heteroatoms. The molecule has 0 aliphatic carbocycles. The van der Waals surface area contributed by atoms with Gasteiger partial charge in [0.05, 0.1) is 13.0 Å². The Labute approximate surface area is 212 Å². The second-order valence-electron chi connectivity index (χ2n) is 7.95. The van der Waals surface area contributed by atoms with Crippen molar-refractivity contribution in [3.05, 3.63) is 105 Å². The fourth-order valence-electron chi connectivity index (χ4n) is 3.56. The Kier molecular flexibility index (Phi) is 8.89. The lowest BCUT2D eigenvalue weighted by Crippen LogP contribution is -2.44. The summed E-state index contributed by atoms with van der Waals surface area (Å²) in [5.41, 5.74) is -0.659. The van der Waals surface area contributed by atoms with Gasteiger partial charge in [0.2, 0.25) is 11.7 Å². The van der Waals surface area contributed by atoms with Crippen molar-refractivity contribution in [3.63, 3.8) is 0 Å². The molecule has 2 atom stereocenters. The van der Waals surface area contributed by atoms with Crippen LogP contribution < -0.4 is 4.74 Å². The number of hydrogen-bond acceptors (Lipinski definition) is 7. The number of benzene rings is 3. The first-order valence-corrected chi connectivity index (χ1v) is 11.9. The zero-order valence-electron chi connectivity index (χ0n) is 19.2. The summed E-state index contributed by atoms with van der Waals surface area (Å²) in [6.45, 7) is 0.693. The first-order valence-electron chi connectivity index (χ1n) is 10.7. The van der Waals surface area contributed by atoms with Crippen LogP contribution in [0.4, 0.5) is 0 Å². The maximum atomic E-state index is 13.6. The van der Waals surface area contributed by atoms with Crippen molar-refractivity contribution >= 4 is 34.4 Å². The molecule has 0 spiro atoms. The van der Waals surface area contributed by atoms with Crippen molar-refractivity contribution in [1.82, 2.24) is 0 Å². The highest BCUT2D eigenvalue weighted by molar-refractivity contribution is 8.13. The highest BCUT2D eigenvalue weighted by Crippen LogP contribution is 2.43. The molecule has 0 amide bonds. The van der Waals surface area contributed by atoms with Gasteiger partial charge < -0.3 is 9.47 Å². The summed E-state index contributed by atoms with van der Waals surface area (Å²) < 4.78 is 10.7. The molecular formula is C26H24ClNO6S. The Hall–Kier alpha value is -3.36. The van der Waals surface area contributed by atoms with Gasteiger partial charge in [-0.1, -0.05) is 65.8 Å². The Bertz CT molecular complexity index is 1170. The highest BCUT2D eigenvalue weighted by atomic mass is 35.5. The van der Waals surface area contributed by atoms with E-state index >= 15 is 0 Å². The van der Waals surface area contributed by atoms with Crippen LogP contribution in [0.15, 0.2) is 83.8 Å². The molecule has 182 valence electrons. The van der Waals surface area contributed by atoms with Gasteiger partial charge in [-0.05, 0) is 54.4 Å². The summed E-state index contributed by atoms with van der Waals surface area (Å²) in [4.78, 5) is 38.8. The average Bonchev–Trinajstić information content (AvgIpc) is 2.87. The summed E-state index contributed by atoms with van der Waals surface area (Å²) in [6.07, 6.45) is 0. The van der Waals surface area contributed by atoms with Gasteiger partial charge >= 0.3 is 5.97 Å². The van der Waals surface area contributed by atoms with Crippen molar-refractivity contribution < 1.29 is 24.0 Å². The van der Waals surface area contributed by atoms with Gasteiger partial charge in [-0.15, -0.1) is 0 Å². The number of carbonyl (C=O) groups is 2. The number of halogens is 1. The maximum absolute atomic E-state index is 13.6. The highest BCUT2D eigenvalue weighted by Gasteiger charge is 2.52. The standard InChI is InChI=1S/C26H24ClNO6S/c1-26(25(30)35-22-14-10-20(27)11-15-22,23(16-28(31)32)19-6-4-3-5-7-19)24(29)34-17-18-8-12-21(33-2)13-9-18/h3-15,23H,16-17H2,1-2H3/t23-,26-/m0/s1. The summed E-state index contributed by atoms with van der Waals surface area (Å²) in [7, 11) is 1.55. The Morgan fingerprint density at radius 2 is 1.66 bits per heavy atom. The summed E-state index contributed by atoms with van der Waals surface area (Å²) in [5.74, 6) is -1.24. The van der Waals surface area contributed by atoms with E-state index in [1.807, 2.05) is 0 Å². The van der Waals surface area contributed by atoms with E-state index in [1.165, 1.54) is 6.92 Å². The molecule has 3 aromatic carbocycles. The number of nitrogens with zero attached hydrogens (tertiary/aromatic N) is 1. The second kappa shape index (κ2) is 11.9. The molecule has 3 rings (SSSR count). The van der Waals surface area contributed by atoms with E-state index in [2.05, 4.69) is 0 Å². The number of ether oxygens (including phenoxy) is 2. The number of methoxy groups -OCH3 is 1. The van der Waals surface area contributed by atoms with Gasteiger partial charge in [-0.2, -0.15) is 0 Å². The van der Waals surface area contributed by atoms with E-state index in [-0.39, 0.29) is 6.61 Å². The van der Waals surface area contributed by atoms with Crippen LogP contribution in [0.1, 0.15) is 24.0 Å². The van der Waals surface area contributed by atoms with Crippen molar-refractivity contribution in [3.8, 4) is 5.75 Å². The lowest BCUT2D eigenvalue weighted by molar-refractivity contribution is -0.485. The zero-order valence-corrected chi connectivity index (χ0v) is 20.8. The lowest BCUT2D eigenvalue weighted by atomic mass is 9.74. The van der Waals surface area contributed by atoms with Crippen LogP contribution in [0, 0.1) is 15.5 Å². The minimum Gasteiger partial charge on any atom is -0.497 e. The van der Waals surface area contributed by atoms with Gasteiger partial charge in [0.1, 0.15) is 17.8 Å². The van der Waals surface area contributed by atoms with Crippen LogP contribution in [-0.4, -0.2) is 29.7 Å². The van der Waals surface area contributed by atoms with E-state index in [1.54, 1.807) is 86.0 Å². The first-order chi connectivity index (χ1) is 16.7. The number of esters is 1. The fourth-order valence-corrected chi connectivity index (χ4v) is 4.61. The molecule has 0 saturated carbocycles. The number of thioether (sulfide) groups is 1. The van der Waals surface area contributed by atoms with Crippen molar-refractivity contribution in [1.29, 1.82) is 0 Å². The van der Waals surface area contributed by atoms with E-state index in [4.69, 9.17) is 21.1 Å². The third kappa shape index (κ3) is 6.61. The Morgan fingerprint density at radius 3 is 2.23 bits per heavy atom. The van der Waals surface area contributed by atoms with Gasteiger partial charge in [0, 0.05) is 14.8 Å². The van der Waals surface area contributed by atoms with Gasteiger partial charge in [-0.25, -0.2) is 0 Å². The lowest BCUT2D eigenvalue weighted by Gasteiger charge is -2.32. The molecule has 0 unspecified atom stereocenters. The normalized spacial score (nSPS) is 13.3. The van der Waals surface area contributed by atoms with E-state index in [9.17, 15) is 19.7 Å². The summed E-state index contributed by atoms with van der Waals surface area (Å²) >= 11 is 6.77. The quantitative estimate of drug-likeness (QED) is 0.111. The van der Waals surface area contributed by atoms with Gasteiger partial charge in [-0.3, -0.25) is 19.7 Å². The van der Waals surface area contributed by atoms with Crippen LogP contribution in [0.25, 0.3) is 0 Å². The van der Waals surface area contributed by atoms with Crippen molar-refractivity contribution in [2.24, 2.45) is 5.41 Å². The van der Waals surface area contributed by atoms with Gasteiger partial charge in [0.15, 0.2) is 0 Å². The van der Waals surface area contributed by atoms with E-state index in [0.717, 1.165) is 11.8 Å². The number of carbonyl (C=O) groups excluding carboxylic acids is 2. The summed E-state index contributed by atoms with van der Waals surface area (Å²) in [6, 6.07) is 22.0.